The molecule has 1 aromatic heterocycles. The lowest BCUT2D eigenvalue weighted by Gasteiger charge is -2.00. The number of rotatable bonds is 3. The van der Waals surface area contributed by atoms with E-state index >= 15 is 0 Å². The topological polar surface area (TPSA) is 79.8 Å². The molecule has 1 amide bonds. The van der Waals surface area contributed by atoms with Gasteiger partial charge < -0.3 is 9.84 Å². The van der Waals surface area contributed by atoms with Crippen molar-refractivity contribution < 1.29 is 9.32 Å². The number of carbonyl (C=O) groups excluding carboxylic acids is 1. The van der Waals surface area contributed by atoms with Crippen LogP contribution in [0.5, 0.6) is 0 Å². The van der Waals surface area contributed by atoms with Crippen LogP contribution in [0.15, 0.2) is 39.0 Å². The third kappa shape index (κ3) is 3.09. The lowest BCUT2D eigenvalue weighted by Crippen LogP contribution is -2.19. The number of hydrogen-bond acceptors (Lipinski definition) is 6. The van der Waals surface area contributed by atoms with E-state index in [1.165, 1.54) is 11.8 Å². The molecule has 6 nitrogen and oxygen atoms in total. The van der Waals surface area contributed by atoms with Gasteiger partial charge in [0.1, 0.15) is 5.76 Å². The van der Waals surface area contributed by atoms with E-state index in [-0.39, 0.29) is 5.91 Å². The Morgan fingerprint density at radius 1 is 1.32 bits per heavy atom. The molecule has 1 aromatic carbocycles. The van der Waals surface area contributed by atoms with Gasteiger partial charge in [-0.25, -0.2) is 0 Å². The maximum absolute atomic E-state index is 11.0. The Bertz CT molecular complexity index is 743. The van der Waals surface area contributed by atoms with E-state index in [1.807, 2.05) is 38.1 Å². The number of aryl methyl sites for hydroxylation is 2. The summed E-state index contributed by atoms with van der Waals surface area (Å²) < 4.78 is 5.18. The quantitative estimate of drug-likeness (QED) is 0.697. The van der Waals surface area contributed by atoms with E-state index in [2.05, 4.69) is 20.7 Å². The Hall–Kier alpha value is -2.41. The molecule has 0 radical (unpaired) electrons. The monoisotopic (exact) mass is 314 g/mol. The van der Waals surface area contributed by atoms with Gasteiger partial charge in [-0.05, 0) is 25.0 Å². The van der Waals surface area contributed by atoms with E-state index in [1.54, 1.807) is 6.21 Å². The molecule has 1 fully saturated rings. The Morgan fingerprint density at radius 3 is 2.68 bits per heavy atom. The number of nitrogens with zero attached hydrogens (tertiary/aromatic N) is 3. The van der Waals surface area contributed by atoms with Crippen LogP contribution in [0.4, 0.5) is 0 Å². The highest BCUT2D eigenvalue weighted by Crippen LogP contribution is 2.26. The highest BCUT2D eigenvalue weighted by atomic mass is 32.2. The summed E-state index contributed by atoms with van der Waals surface area (Å²) in [5.41, 5.74) is 3.88. The molecule has 1 aliphatic rings. The largest absolute Gasteiger partial charge is 0.361 e. The van der Waals surface area contributed by atoms with Crippen LogP contribution in [-0.4, -0.2) is 28.2 Å². The minimum Gasteiger partial charge on any atom is -0.361 e. The molecular weight excluding hydrogens is 300 g/mol. The highest BCUT2D eigenvalue weighted by Gasteiger charge is 2.16. The van der Waals surface area contributed by atoms with Crippen LogP contribution in [0.3, 0.4) is 0 Å². The number of hydrogen-bond donors (Lipinski definition) is 1. The van der Waals surface area contributed by atoms with Crippen LogP contribution in [0.25, 0.3) is 11.1 Å². The normalized spacial score (nSPS) is 16.6. The van der Waals surface area contributed by atoms with Crippen molar-refractivity contribution in [1.29, 1.82) is 0 Å². The summed E-state index contributed by atoms with van der Waals surface area (Å²) in [6.07, 6.45) is 1.65. The zero-order valence-electron chi connectivity index (χ0n) is 12.2. The van der Waals surface area contributed by atoms with Crippen molar-refractivity contribution in [1.82, 2.24) is 10.5 Å². The molecule has 0 spiro atoms. The third-order valence-corrected chi connectivity index (χ3v) is 4.04. The van der Waals surface area contributed by atoms with Crippen molar-refractivity contribution in [3.63, 3.8) is 0 Å². The molecule has 0 saturated carbocycles. The van der Waals surface area contributed by atoms with E-state index in [0.717, 1.165) is 28.1 Å². The van der Waals surface area contributed by atoms with Gasteiger partial charge in [-0.1, -0.05) is 41.2 Å². The first kappa shape index (κ1) is 14.5. The number of nitrogens with one attached hydrogen (secondary N) is 1. The first-order chi connectivity index (χ1) is 10.6. The van der Waals surface area contributed by atoms with E-state index in [9.17, 15) is 4.79 Å². The van der Waals surface area contributed by atoms with Gasteiger partial charge in [0, 0.05) is 5.56 Å². The molecule has 2 aromatic rings. The molecule has 0 unspecified atom stereocenters. The van der Waals surface area contributed by atoms with Gasteiger partial charge >= 0.3 is 0 Å². The lowest BCUT2D eigenvalue weighted by atomic mass is 10.0. The maximum atomic E-state index is 11.0. The molecule has 2 heterocycles. The van der Waals surface area contributed by atoms with Crippen molar-refractivity contribution >= 4 is 29.1 Å². The summed E-state index contributed by atoms with van der Waals surface area (Å²) in [6, 6.07) is 7.89. The molecule has 1 aliphatic heterocycles. The van der Waals surface area contributed by atoms with Crippen molar-refractivity contribution in [2.24, 2.45) is 10.2 Å². The van der Waals surface area contributed by atoms with Crippen LogP contribution in [0.1, 0.15) is 17.0 Å². The number of carbonyl (C=O) groups is 1. The molecule has 112 valence electrons. The Labute approximate surface area is 131 Å². The molecule has 0 atom stereocenters. The molecule has 7 heteroatoms. The Kier molecular flexibility index (Phi) is 4.06. The average Bonchev–Trinajstić information content (AvgIpc) is 3.06. The first-order valence-electron chi connectivity index (χ1n) is 6.70. The van der Waals surface area contributed by atoms with E-state index in [0.29, 0.717) is 10.9 Å². The third-order valence-electron chi connectivity index (χ3n) is 3.17. The minimum atomic E-state index is -0.0391. The predicted octanol–water partition coefficient (Wildman–Crippen LogP) is 2.51. The summed E-state index contributed by atoms with van der Waals surface area (Å²) in [6.45, 7) is 3.82. The summed E-state index contributed by atoms with van der Waals surface area (Å²) in [7, 11) is 0. The second-order valence-corrected chi connectivity index (χ2v) is 5.77. The SMILES string of the molecule is Cc1noc(C)c1-c1ccc(C=NN=C2NC(=O)CS2)cc1. The number of amides is 1. The fourth-order valence-electron chi connectivity index (χ4n) is 2.16. The molecule has 1 saturated heterocycles. The van der Waals surface area contributed by atoms with Crippen molar-refractivity contribution in [3.8, 4) is 11.1 Å². The van der Waals surface area contributed by atoms with Crippen LogP contribution in [-0.2, 0) is 4.79 Å². The second-order valence-electron chi connectivity index (χ2n) is 4.81. The van der Waals surface area contributed by atoms with Crippen LogP contribution in [0, 0.1) is 13.8 Å². The van der Waals surface area contributed by atoms with Gasteiger partial charge in [-0.2, -0.15) is 5.10 Å². The van der Waals surface area contributed by atoms with Gasteiger partial charge in [-0.15, -0.1) is 5.10 Å². The smallest absolute Gasteiger partial charge is 0.236 e. The van der Waals surface area contributed by atoms with Crippen LogP contribution >= 0.6 is 11.8 Å². The molecule has 3 rings (SSSR count). The van der Waals surface area contributed by atoms with Gasteiger partial charge in [0.25, 0.3) is 0 Å². The zero-order chi connectivity index (χ0) is 15.5. The minimum absolute atomic E-state index is 0.0391. The number of benzene rings is 1. The van der Waals surface area contributed by atoms with Crippen molar-refractivity contribution in [2.45, 2.75) is 13.8 Å². The first-order valence-corrected chi connectivity index (χ1v) is 7.69. The van der Waals surface area contributed by atoms with Gasteiger partial charge in [0.15, 0.2) is 5.17 Å². The number of aromatic nitrogens is 1. The van der Waals surface area contributed by atoms with Gasteiger partial charge in [0.05, 0.1) is 17.7 Å². The van der Waals surface area contributed by atoms with Crippen molar-refractivity contribution in [3.05, 3.63) is 41.3 Å². The van der Waals surface area contributed by atoms with Gasteiger partial charge in [-0.3, -0.25) is 4.79 Å². The summed E-state index contributed by atoms with van der Waals surface area (Å²) in [5, 5.41) is 15.1. The number of thioether (sulfide) groups is 1. The number of amidine groups is 1. The van der Waals surface area contributed by atoms with E-state index in [4.69, 9.17) is 4.52 Å². The summed E-state index contributed by atoms with van der Waals surface area (Å²) >= 11 is 1.35. The van der Waals surface area contributed by atoms with E-state index < -0.39 is 0 Å². The molecule has 0 aliphatic carbocycles. The predicted molar refractivity (Wildman–Crippen MR) is 87.0 cm³/mol. The fraction of sp³-hybridized carbons (Fsp3) is 0.200. The maximum Gasteiger partial charge on any atom is 0.236 e. The highest BCUT2D eigenvalue weighted by molar-refractivity contribution is 8.15. The van der Waals surface area contributed by atoms with Gasteiger partial charge in [0.2, 0.25) is 5.91 Å². The molecule has 0 bridgehead atoms. The second kappa shape index (κ2) is 6.15. The van der Waals surface area contributed by atoms with Crippen LogP contribution in [0.2, 0.25) is 0 Å². The fourth-order valence-corrected chi connectivity index (χ4v) is 2.79. The molecular formula is C15H14N4O2S. The molecule has 1 N–H and O–H groups in total. The Balaban J connectivity index is 1.73. The average molecular weight is 314 g/mol. The molecule has 22 heavy (non-hydrogen) atoms. The summed E-state index contributed by atoms with van der Waals surface area (Å²) in [5.74, 6) is 1.17. The zero-order valence-corrected chi connectivity index (χ0v) is 13.0. The van der Waals surface area contributed by atoms with Crippen LogP contribution < -0.4 is 5.32 Å². The summed E-state index contributed by atoms with van der Waals surface area (Å²) in [4.78, 5) is 11.0. The standard InChI is InChI=1S/C15H14N4O2S/c1-9-14(10(2)21-19-9)12-5-3-11(4-6-12)7-16-18-15-17-13(20)8-22-15/h3-7H,8H2,1-2H3,(H,17,18,20). The lowest BCUT2D eigenvalue weighted by molar-refractivity contribution is -0.116. The van der Waals surface area contributed by atoms with Crippen molar-refractivity contribution in [2.75, 3.05) is 5.75 Å². The Morgan fingerprint density at radius 2 is 2.09 bits per heavy atom.